The summed E-state index contributed by atoms with van der Waals surface area (Å²) in [6.07, 6.45) is 3.89. The molecule has 2 aromatic carbocycles. The van der Waals surface area contributed by atoms with Crippen molar-refractivity contribution in [3.8, 4) is 23.1 Å². The number of carbonyl (C=O) groups is 1. The van der Waals surface area contributed by atoms with Crippen molar-refractivity contribution in [3.63, 3.8) is 0 Å². The lowest BCUT2D eigenvalue weighted by atomic mass is 10.0. The maximum Gasteiger partial charge on any atom is 0.271 e. The average Bonchev–Trinajstić information content (AvgIpc) is 3.09. The van der Waals surface area contributed by atoms with Gasteiger partial charge in [-0.05, 0) is 69.1 Å². The number of hydrogen-bond donors (Lipinski definition) is 3. The van der Waals surface area contributed by atoms with Crippen LogP contribution < -0.4 is 26.0 Å². The lowest BCUT2D eigenvalue weighted by Gasteiger charge is -2.42. The van der Waals surface area contributed by atoms with Gasteiger partial charge < -0.3 is 35.6 Å². The van der Waals surface area contributed by atoms with Crippen LogP contribution in [0.4, 0.5) is 23.0 Å². The van der Waals surface area contributed by atoms with Gasteiger partial charge in [0.1, 0.15) is 11.4 Å². The molecule has 3 fully saturated rings. The Bertz CT molecular complexity index is 1550. The Hall–Kier alpha value is -4.44. The first-order valence-corrected chi connectivity index (χ1v) is 16.1. The summed E-state index contributed by atoms with van der Waals surface area (Å²) in [6, 6.07) is 16.3. The summed E-state index contributed by atoms with van der Waals surface area (Å²) < 4.78 is 11.2. The van der Waals surface area contributed by atoms with Gasteiger partial charge in [-0.3, -0.25) is 9.69 Å². The molecule has 12 heteroatoms. The second-order valence-electron chi connectivity index (χ2n) is 12.2. The number of aromatic nitrogens is 2. The van der Waals surface area contributed by atoms with Crippen LogP contribution in [0, 0.1) is 11.3 Å². The molecule has 0 atom stereocenters. The van der Waals surface area contributed by atoms with Crippen molar-refractivity contribution < 1.29 is 14.3 Å². The largest absolute Gasteiger partial charge is 0.496 e. The molecule has 4 heterocycles. The number of anilines is 4. The minimum absolute atomic E-state index is 0.0302. The van der Waals surface area contributed by atoms with E-state index in [9.17, 15) is 10.1 Å². The minimum Gasteiger partial charge on any atom is -0.496 e. The third-order valence-corrected chi connectivity index (χ3v) is 9.31. The van der Waals surface area contributed by atoms with Gasteiger partial charge in [0.25, 0.3) is 5.91 Å². The summed E-state index contributed by atoms with van der Waals surface area (Å²) in [5.74, 6) is 0.380. The fourth-order valence-electron chi connectivity index (χ4n) is 6.61. The molecule has 0 unspecified atom stereocenters. The molecule has 3 aliphatic rings. The predicted octanol–water partition coefficient (Wildman–Crippen LogP) is 3.67. The summed E-state index contributed by atoms with van der Waals surface area (Å²) in [6.45, 7) is 7.91. The number of carbonyl (C=O) groups excluding carboxylic acids is 1. The van der Waals surface area contributed by atoms with E-state index >= 15 is 0 Å². The highest BCUT2D eigenvalue weighted by atomic mass is 16.5. The predicted molar refractivity (Wildman–Crippen MR) is 179 cm³/mol. The third-order valence-electron chi connectivity index (χ3n) is 9.31. The van der Waals surface area contributed by atoms with E-state index in [1.165, 1.54) is 12.8 Å². The smallest absolute Gasteiger partial charge is 0.271 e. The molecule has 3 aliphatic heterocycles. The quantitative estimate of drug-likeness (QED) is 0.320. The van der Waals surface area contributed by atoms with E-state index in [-0.39, 0.29) is 17.6 Å². The number of nitrogens with one attached hydrogen (secondary N) is 2. The van der Waals surface area contributed by atoms with Crippen molar-refractivity contribution in [2.45, 2.75) is 37.8 Å². The monoisotopic (exact) mass is 625 g/mol. The molecule has 0 bridgehead atoms. The highest BCUT2D eigenvalue weighted by Gasteiger charge is 2.28. The number of hydrogen-bond acceptors (Lipinski definition) is 11. The van der Waals surface area contributed by atoms with Crippen LogP contribution in [0.3, 0.4) is 0 Å². The molecule has 46 heavy (non-hydrogen) atoms. The number of likely N-dealkylation sites (N-methyl/N-ethyl adjacent to an activating group) is 1. The number of ether oxygens (including phenoxy) is 2. The zero-order valence-corrected chi connectivity index (χ0v) is 26.7. The van der Waals surface area contributed by atoms with Crippen LogP contribution in [0.15, 0.2) is 42.5 Å². The standard InChI is InChI=1S/C34H43N9O3/c1-41-16-18-43(19-17-41)27-10-14-42(15-11-27)26-8-6-24(7-9-26)37-34-31(32(36)44)39-30(29-23(22-35)4-3-5-28(29)45-2)33(40-34)38-25-12-20-46-21-13-25/h3-9,25,27H,10-21H2,1-2H3,(H2,36,44)(H2,37,38,40). The van der Waals surface area contributed by atoms with E-state index in [4.69, 9.17) is 25.2 Å². The molecule has 0 spiro atoms. The molecule has 1 amide bonds. The Labute approximate surface area is 270 Å². The molecule has 3 saturated heterocycles. The van der Waals surface area contributed by atoms with Crippen molar-refractivity contribution in [2.75, 3.05) is 82.2 Å². The van der Waals surface area contributed by atoms with Gasteiger partial charge in [0.15, 0.2) is 17.3 Å². The highest BCUT2D eigenvalue weighted by molar-refractivity contribution is 5.98. The van der Waals surface area contributed by atoms with Gasteiger partial charge in [-0.1, -0.05) is 6.07 Å². The van der Waals surface area contributed by atoms with Gasteiger partial charge >= 0.3 is 0 Å². The maximum atomic E-state index is 12.8. The number of rotatable bonds is 9. The number of piperazine rings is 1. The van der Waals surface area contributed by atoms with Gasteiger partial charge in [0.05, 0.1) is 24.3 Å². The SMILES string of the molecule is COc1cccc(C#N)c1-c1nc(C(N)=O)c(Nc2ccc(N3CCC(N4CCN(C)CC4)CC3)cc2)nc1NC1CCOCC1. The van der Waals surface area contributed by atoms with Crippen LogP contribution in [0.1, 0.15) is 41.7 Å². The van der Waals surface area contributed by atoms with Gasteiger partial charge in [-0.15, -0.1) is 0 Å². The van der Waals surface area contributed by atoms with Crippen molar-refractivity contribution in [1.29, 1.82) is 5.26 Å². The topological polar surface area (TPSA) is 145 Å². The molecule has 0 radical (unpaired) electrons. The number of nitriles is 1. The molecule has 4 N–H and O–H groups in total. The molecule has 12 nitrogen and oxygen atoms in total. The Kier molecular flexibility index (Phi) is 9.82. The van der Waals surface area contributed by atoms with Gasteiger partial charge in [-0.2, -0.15) is 5.26 Å². The molecule has 6 rings (SSSR count). The fourth-order valence-corrected chi connectivity index (χ4v) is 6.61. The molecule has 1 aromatic heterocycles. The van der Waals surface area contributed by atoms with E-state index in [0.29, 0.717) is 47.6 Å². The van der Waals surface area contributed by atoms with Crippen LogP contribution in [0.2, 0.25) is 0 Å². The van der Waals surface area contributed by atoms with E-state index in [1.54, 1.807) is 18.2 Å². The van der Waals surface area contributed by atoms with Crippen LogP contribution in [-0.2, 0) is 4.74 Å². The van der Waals surface area contributed by atoms with Gasteiger partial charge in [-0.25, -0.2) is 9.97 Å². The summed E-state index contributed by atoms with van der Waals surface area (Å²) in [5.41, 5.74) is 8.88. The molecule has 0 saturated carbocycles. The first kappa shape index (κ1) is 31.5. The van der Waals surface area contributed by atoms with Crippen molar-refractivity contribution >= 4 is 28.9 Å². The Morgan fingerprint density at radius 2 is 1.70 bits per heavy atom. The zero-order chi connectivity index (χ0) is 32.0. The number of amides is 1. The number of nitrogens with two attached hydrogens (primary N) is 1. The second-order valence-corrected chi connectivity index (χ2v) is 12.2. The second kappa shape index (κ2) is 14.3. The lowest BCUT2D eigenvalue weighted by Crippen LogP contribution is -2.52. The summed E-state index contributed by atoms with van der Waals surface area (Å²) in [5, 5.41) is 16.7. The molecule has 3 aromatic rings. The van der Waals surface area contributed by atoms with Crippen LogP contribution in [0.5, 0.6) is 5.75 Å². The summed E-state index contributed by atoms with van der Waals surface area (Å²) in [4.78, 5) is 29.9. The number of methoxy groups -OCH3 is 1. The first-order chi connectivity index (χ1) is 22.4. The average molecular weight is 626 g/mol. The van der Waals surface area contributed by atoms with Gasteiger partial charge in [0, 0.05) is 75.9 Å². The number of nitrogens with zero attached hydrogens (tertiary/aromatic N) is 6. The summed E-state index contributed by atoms with van der Waals surface area (Å²) >= 11 is 0. The number of benzene rings is 2. The van der Waals surface area contributed by atoms with Crippen LogP contribution in [-0.4, -0.2) is 104 Å². The molecule has 0 aliphatic carbocycles. The van der Waals surface area contributed by atoms with Crippen molar-refractivity contribution in [3.05, 3.63) is 53.7 Å². The molecule has 242 valence electrons. The fraction of sp³-hybridized carbons (Fsp3) is 0.471. The van der Waals surface area contributed by atoms with Crippen LogP contribution in [0.25, 0.3) is 11.3 Å². The Balaban J connectivity index is 1.25. The van der Waals surface area contributed by atoms with E-state index in [1.807, 2.05) is 12.1 Å². The zero-order valence-electron chi connectivity index (χ0n) is 26.7. The van der Waals surface area contributed by atoms with Crippen molar-refractivity contribution in [2.24, 2.45) is 5.73 Å². The molecular weight excluding hydrogens is 582 g/mol. The molecular formula is C34H43N9O3. The van der Waals surface area contributed by atoms with E-state index in [0.717, 1.165) is 70.6 Å². The summed E-state index contributed by atoms with van der Waals surface area (Å²) in [7, 11) is 3.73. The normalized spacial score (nSPS) is 18.6. The van der Waals surface area contributed by atoms with E-state index in [2.05, 4.69) is 50.6 Å². The maximum absolute atomic E-state index is 12.8. The minimum atomic E-state index is -0.734. The lowest BCUT2D eigenvalue weighted by molar-refractivity contribution is 0.0904. The first-order valence-electron chi connectivity index (χ1n) is 16.1. The third kappa shape index (κ3) is 7.02. The number of piperidine rings is 1. The van der Waals surface area contributed by atoms with Gasteiger partial charge in [0.2, 0.25) is 0 Å². The Morgan fingerprint density at radius 1 is 0.978 bits per heavy atom. The van der Waals surface area contributed by atoms with Crippen molar-refractivity contribution in [1.82, 2.24) is 19.8 Å². The Morgan fingerprint density at radius 3 is 2.35 bits per heavy atom. The highest BCUT2D eigenvalue weighted by Crippen LogP contribution is 2.38. The van der Waals surface area contributed by atoms with E-state index < -0.39 is 5.91 Å². The van der Waals surface area contributed by atoms with Crippen LogP contribution >= 0.6 is 0 Å². The number of primary amides is 1.